The molecule has 3 amide bonds. The molecule has 3 N–H and O–H groups in total. The first kappa shape index (κ1) is 22.2. The third-order valence-corrected chi connectivity index (χ3v) is 2.53. The summed E-state index contributed by atoms with van der Waals surface area (Å²) in [6.07, 6.45) is 0. The number of amides is 3. The summed E-state index contributed by atoms with van der Waals surface area (Å²) in [4.78, 5) is 54.4. The number of hydrogen-bond acceptors (Lipinski definition) is 7. The van der Waals surface area contributed by atoms with E-state index in [1.54, 1.807) is 0 Å². The number of hydrogen-bond donors (Lipinski definition) is 4. The van der Waals surface area contributed by atoms with Crippen LogP contribution in [0.1, 0.15) is 6.92 Å². The van der Waals surface area contributed by atoms with Gasteiger partial charge in [0, 0.05) is 0 Å². The molecule has 0 aliphatic heterocycles. The molecule has 0 saturated carbocycles. The number of carboxylic acid groups (broad SMARTS) is 1. The zero-order valence-corrected chi connectivity index (χ0v) is 14.5. The van der Waals surface area contributed by atoms with Crippen LogP contribution in [0.25, 0.3) is 0 Å². The van der Waals surface area contributed by atoms with Crippen molar-refractivity contribution in [3.63, 3.8) is 0 Å². The third kappa shape index (κ3) is 11.3. The van der Waals surface area contributed by atoms with Crippen LogP contribution in [0.15, 0.2) is 0 Å². The third-order valence-electron chi connectivity index (χ3n) is 1.93. The summed E-state index contributed by atoms with van der Waals surface area (Å²) < 4.78 is 0. The molecule has 0 radical (unpaired) electrons. The molecule has 0 spiro atoms. The minimum atomic E-state index is -1.46. The quantitative estimate of drug-likeness (QED) is 0.198. The maximum Gasteiger partial charge on any atom is 1.00 e. The molecular formula is C10H14N3NaO6S. The fourth-order valence-electron chi connectivity index (χ4n) is 0.923. The zero-order valence-electron chi connectivity index (χ0n) is 11.6. The topological polar surface area (TPSA) is 144 Å². The maximum atomic E-state index is 11.3. The van der Waals surface area contributed by atoms with Gasteiger partial charge in [0.15, 0.2) is 5.78 Å². The molecule has 9 nitrogen and oxygen atoms in total. The smallest absolute Gasteiger partial charge is 0.548 e. The summed E-state index contributed by atoms with van der Waals surface area (Å²) in [7, 11) is 0. The van der Waals surface area contributed by atoms with E-state index in [-0.39, 0.29) is 29.6 Å². The molecule has 0 aromatic carbocycles. The standard InChI is InChI=1S/C10H15N3O6S.Na/c1-5(14)9(20)10(19)13-3-7(16)11-2-6(15)12-4-8(17)18;/h9,20H,2-4H2,1H3,(H,11,16)(H,12,15)(H,13,19)(H,17,18);/q;+1/p-1/t9-;/m0./s1. The Morgan fingerprint density at radius 2 is 1.38 bits per heavy atom. The number of ketones is 1. The molecule has 0 rings (SSSR count). The Morgan fingerprint density at radius 3 is 1.81 bits per heavy atom. The number of aliphatic carboxylic acids is 1. The number of thiol groups is 1. The van der Waals surface area contributed by atoms with Crippen molar-refractivity contribution < 1.29 is 58.6 Å². The summed E-state index contributed by atoms with van der Waals surface area (Å²) >= 11 is 3.74. The van der Waals surface area contributed by atoms with E-state index in [0.717, 1.165) is 0 Å². The molecule has 21 heavy (non-hydrogen) atoms. The van der Waals surface area contributed by atoms with Gasteiger partial charge in [-0.2, -0.15) is 12.6 Å². The van der Waals surface area contributed by atoms with Crippen molar-refractivity contribution in [3.8, 4) is 0 Å². The summed E-state index contributed by atoms with van der Waals surface area (Å²) in [6.45, 7) is -0.361. The van der Waals surface area contributed by atoms with E-state index in [9.17, 15) is 29.1 Å². The van der Waals surface area contributed by atoms with Crippen molar-refractivity contribution in [1.82, 2.24) is 16.0 Å². The van der Waals surface area contributed by atoms with Gasteiger partial charge in [0.1, 0.15) is 5.25 Å². The minimum absolute atomic E-state index is 0. The number of carbonyl (C=O) groups excluding carboxylic acids is 5. The van der Waals surface area contributed by atoms with Crippen molar-refractivity contribution in [2.75, 3.05) is 19.6 Å². The van der Waals surface area contributed by atoms with Crippen molar-refractivity contribution in [2.45, 2.75) is 12.2 Å². The molecule has 0 unspecified atom stereocenters. The van der Waals surface area contributed by atoms with E-state index >= 15 is 0 Å². The second kappa shape index (κ2) is 11.5. The van der Waals surface area contributed by atoms with Crippen molar-refractivity contribution in [1.29, 1.82) is 0 Å². The van der Waals surface area contributed by atoms with Crippen LogP contribution >= 0.6 is 12.6 Å². The van der Waals surface area contributed by atoms with Gasteiger partial charge >= 0.3 is 29.6 Å². The SMILES string of the molecule is CC(=O)[C@H](S)C(=O)NCC(=O)NCC(=O)NCC(=O)[O-].[Na+]. The number of carbonyl (C=O) groups is 5. The summed E-state index contributed by atoms with van der Waals surface area (Å²) in [5.74, 6) is -4.04. The van der Waals surface area contributed by atoms with E-state index in [4.69, 9.17) is 0 Å². The molecule has 112 valence electrons. The molecule has 11 heteroatoms. The Hall–Kier alpha value is -1.10. The van der Waals surface area contributed by atoms with Crippen LogP contribution < -0.4 is 50.6 Å². The Morgan fingerprint density at radius 1 is 0.952 bits per heavy atom. The molecule has 0 saturated heterocycles. The normalized spacial score (nSPS) is 10.6. The Labute approximate surface area is 148 Å². The molecule has 1 atom stereocenters. The van der Waals surface area contributed by atoms with Gasteiger partial charge in [-0.05, 0) is 6.92 Å². The van der Waals surface area contributed by atoms with Crippen molar-refractivity contribution in [3.05, 3.63) is 0 Å². The molecule has 0 aliphatic carbocycles. The van der Waals surface area contributed by atoms with Crippen LogP contribution in [0.2, 0.25) is 0 Å². The van der Waals surface area contributed by atoms with E-state index in [0.29, 0.717) is 0 Å². The fourth-order valence-corrected chi connectivity index (χ4v) is 1.01. The molecule has 0 aromatic heterocycles. The number of Topliss-reactive ketones (excluding diaryl/α,β-unsaturated/α-hetero) is 1. The van der Waals surface area contributed by atoms with Crippen LogP contribution in [-0.2, 0) is 24.0 Å². The van der Waals surface area contributed by atoms with Gasteiger partial charge in [0.2, 0.25) is 17.7 Å². The molecule has 0 aromatic rings. The predicted molar refractivity (Wildman–Crippen MR) is 67.5 cm³/mol. The van der Waals surface area contributed by atoms with Gasteiger partial charge in [-0.15, -0.1) is 0 Å². The van der Waals surface area contributed by atoms with Crippen LogP contribution in [-0.4, -0.2) is 54.4 Å². The first-order chi connectivity index (χ1) is 9.23. The average Bonchev–Trinajstić information content (AvgIpc) is 2.38. The van der Waals surface area contributed by atoms with Crippen LogP contribution in [0.5, 0.6) is 0 Å². The predicted octanol–water partition coefficient (Wildman–Crippen LogP) is -7.02. The number of nitrogens with one attached hydrogen (secondary N) is 3. The van der Waals surface area contributed by atoms with Gasteiger partial charge in [0.25, 0.3) is 0 Å². The molecule has 0 fully saturated rings. The first-order valence-electron chi connectivity index (χ1n) is 5.43. The van der Waals surface area contributed by atoms with Gasteiger partial charge in [-0.1, -0.05) is 0 Å². The van der Waals surface area contributed by atoms with E-state index in [2.05, 4.69) is 23.3 Å². The van der Waals surface area contributed by atoms with E-state index in [1.165, 1.54) is 6.92 Å². The second-order valence-electron chi connectivity index (χ2n) is 3.66. The summed E-state index contributed by atoms with van der Waals surface area (Å²) in [5, 5.41) is 15.2. The van der Waals surface area contributed by atoms with Gasteiger partial charge in [-0.3, -0.25) is 19.2 Å². The van der Waals surface area contributed by atoms with Crippen molar-refractivity contribution in [2.24, 2.45) is 0 Å². The molecular weight excluding hydrogens is 313 g/mol. The monoisotopic (exact) mass is 327 g/mol. The minimum Gasteiger partial charge on any atom is -0.548 e. The van der Waals surface area contributed by atoms with Crippen LogP contribution in [0.4, 0.5) is 0 Å². The average molecular weight is 327 g/mol. The molecule has 0 heterocycles. The van der Waals surface area contributed by atoms with Gasteiger partial charge in [0.05, 0.1) is 25.6 Å². The second-order valence-corrected chi connectivity index (χ2v) is 4.17. The number of carboxylic acids is 1. The molecule has 0 bridgehead atoms. The fraction of sp³-hybridized carbons (Fsp3) is 0.500. The largest absolute Gasteiger partial charge is 1.00 e. The van der Waals surface area contributed by atoms with E-state index < -0.39 is 54.4 Å². The summed E-state index contributed by atoms with van der Waals surface area (Å²) in [6, 6.07) is 0. The number of rotatable bonds is 8. The molecule has 0 aliphatic rings. The summed E-state index contributed by atoms with van der Waals surface area (Å²) in [5.41, 5.74) is 0. The van der Waals surface area contributed by atoms with Crippen molar-refractivity contribution >= 4 is 42.1 Å². The Balaban J connectivity index is 0. The zero-order chi connectivity index (χ0) is 15.7. The van der Waals surface area contributed by atoms with Crippen LogP contribution in [0.3, 0.4) is 0 Å². The van der Waals surface area contributed by atoms with Crippen LogP contribution in [0, 0.1) is 0 Å². The van der Waals surface area contributed by atoms with Gasteiger partial charge in [-0.25, -0.2) is 0 Å². The Kier molecular flexibility index (Phi) is 12.2. The van der Waals surface area contributed by atoms with E-state index in [1.807, 2.05) is 5.32 Å². The van der Waals surface area contributed by atoms with Gasteiger partial charge < -0.3 is 25.9 Å². The maximum absolute atomic E-state index is 11.3. The first-order valence-corrected chi connectivity index (χ1v) is 5.95. The Bertz CT molecular complexity index is 431.